The fraction of sp³-hybridized carbons (Fsp3) is 0.667. The fourth-order valence-corrected chi connectivity index (χ4v) is 1.10. The Hall–Kier alpha value is -1.59. The van der Waals surface area contributed by atoms with Crippen molar-refractivity contribution in [2.75, 3.05) is 0 Å². The van der Waals surface area contributed by atoms with Gasteiger partial charge in [-0.1, -0.05) is 0 Å². The first-order valence-corrected chi connectivity index (χ1v) is 4.24. The van der Waals surface area contributed by atoms with E-state index in [1.165, 1.54) is 13.8 Å². The summed E-state index contributed by atoms with van der Waals surface area (Å²) >= 11 is 0. The molecule has 0 aromatic rings. The molecule has 0 fully saturated rings. The van der Waals surface area contributed by atoms with Crippen molar-refractivity contribution in [2.24, 2.45) is 10.8 Å². The molecular weight excluding hydrogens is 204 g/mol. The monoisotopic (exact) mass is 218 g/mol. The number of rotatable bonds is 5. The normalized spacial score (nSPS) is 15.4. The van der Waals surface area contributed by atoms with Gasteiger partial charge in [0.05, 0.1) is 17.3 Å². The molecule has 3 N–H and O–H groups in total. The summed E-state index contributed by atoms with van der Waals surface area (Å²) in [6, 6.07) is 0. The number of hydrogen-bond donors (Lipinski definition) is 3. The largest absolute Gasteiger partial charge is 0.481 e. The Morgan fingerprint density at radius 2 is 1.33 bits per heavy atom. The molecule has 0 aliphatic carbocycles. The van der Waals surface area contributed by atoms with Gasteiger partial charge in [-0.15, -0.1) is 0 Å². The first kappa shape index (κ1) is 13.4. The summed E-state index contributed by atoms with van der Waals surface area (Å²) in [6.45, 7) is 3.52. The Morgan fingerprint density at radius 3 is 1.53 bits per heavy atom. The second kappa shape index (κ2) is 3.88. The smallest absolute Gasteiger partial charge is 0.311 e. The molecule has 0 heterocycles. The summed E-state index contributed by atoms with van der Waals surface area (Å²) in [5.74, 6) is -4.11. The van der Waals surface area contributed by atoms with E-state index < -0.39 is 35.2 Å². The Labute approximate surface area is 86.5 Å². The van der Waals surface area contributed by atoms with Crippen LogP contribution in [-0.4, -0.2) is 33.2 Å². The standard InChI is InChI=1S/C9H14O6/c1-8(2,6(12)13)9(3,7(14)15)4-5(10)11/h4H2,1-3H3,(H,10,11)(H,12,13)(H,14,15). The summed E-state index contributed by atoms with van der Waals surface area (Å²) in [6.07, 6.45) is -0.734. The van der Waals surface area contributed by atoms with Gasteiger partial charge in [0.1, 0.15) is 0 Å². The summed E-state index contributed by atoms with van der Waals surface area (Å²) in [7, 11) is 0. The van der Waals surface area contributed by atoms with Gasteiger partial charge in [-0.2, -0.15) is 0 Å². The van der Waals surface area contributed by atoms with Crippen LogP contribution >= 0.6 is 0 Å². The predicted molar refractivity (Wildman–Crippen MR) is 49.4 cm³/mol. The topological polar surface area (TPSA) is 112 Å². The molecule has 0 aromatic carbocycles. The highest BCUT2D eigenvalue weighted by Crippen LogP contribution is 2.42. The number of aliphatic carboxylic acids is 3. The molecule has 1 unspecified atom stereocenters. The molecule has 0 radical (unpaired) electrons. The van der Waals surface area contributed by atoms with Crippen LogP contribution in [0.15, 0.2) is 0 Å². The van der Waals surface area contributed by atoms with Crippen molar-refractivity contribution < 1.29 is 29.7 Å². The summed E-state index contributed by atoms with van der Waals surface area (Å²) < 4.78 is 0. The molecule has 0 aliphatic heterocycles. The van der Waals surface area contributed by atoms with Crippen molar-refractivity contribution in [1.29, 1.82) is 0 Å². The summed E-state index contributed by atoms with van der Waals surface area (Å²) in [5, 5.41) is 26.4. The summed E-state index contributed by atoms with van der Waals surface area (Å²) in [4.78, 5) is 32.4. The van der Waals surface area contributed by atoms with Gasteiger partial charge in [-0.25, -0.2) is 0 Å². The van der Waals surface area contributed by atoms with Gasteiger partial charge in [0, 0.05) is 0 Å². The van der Waals surface area contributed by atoms with Crippen LogP contribution in [0.2, 0.25) is 0 Å². The lowest BCUT2D eigenvalue weighted by molar-refractivity contribution is -0.173. The van der Waals surface area contributed by atoms with Gasteiger partial charge < -0.3 is 15.3 Å². The van der Waals surface area contributed by atoms with Crippen molar-refractivity contribution in [1.82, 2.24) is 0 Å². The minimum absolute atomic E-state index is 0.734. The maximum absolute atomic E-state index is 11.0. The first-order chi connectivity index (χ1) is 6.55. The zero-order chi connectivity index (χ0) is 12.4. The Kier molecular flexibility index (Phi) is 3.47. The van der Waals surface area contributed by atoms with Crippen LogP contribution in [0.3, 0.4) is 0 Å². The molecule has 6 heteroatoms. The molecule has 0 amide bonds. The highest BCUT2D eigenvalue weighted by molar-refractivity contribution is 5.89. The second-order valence-corrected chi connectivity index (χ2v) is 4.14. The number of carboxylic acids is 3. The highest BCUT2D eigenvalue weighted by atomic mass is 16.4. The molecule has 6 nitrogen and oxygen atoms in total. The van der Waals surface area contributed by atoms with E-state index in [4.69, 9.17) is 15.3 Å². The number of hydrogen-bond acceptors (Lipinski definition) is 3. The van der Waals surface area contributed by atoms with E-state index >= 15 is 0 Å². The highest BCUT2D eigenvalue weighted by Gasteiger charge is 2.53. The van der Waals surface area contributed by atoms with Gasteiger partial charge in [0.15, 0.2) is 0 Å². The number of carboxylic acid groups (broad SMARTS) is 3. The lowest BCUT2D eigenvalue weighted by atomic mass is 9.64. The molecule has 86 valence electrons. The Bertz CT molecular complexity index is 306. The van der Waals surface area contributed by atoms with Gasteiger partial charge >= 0.3 is 17.9 Å². The van der Waals surface area contributed by atoms with E-state index in [2.05, 4.69) is 0 Å². The molecule has 1 atom stereocenters. The van der Waals surface area contributed by atoms with E-state index in [9.17, 15) is 14.4 Å². The van der Waals surface area contributed by atoms with Gasteiger partial charge in [0.25, 0.3) is 0 Å². The molecule has 15 heavy (non-hydrogen) atoms. The lowest BCUT2D eigenvalue weighted by Gasteiger charge is -2.36. The minimum atomic E-state index is -1.84. The van der Waals surface area contributed by atoms with E-state index in [0.717, 1.165) is 6.92 Å². The molecule has 0 rings (SSSR count). The SMILES string of the molecule is CC(C)(C(=O)O)C(C)(CC(=O)O)C(=O)O. The Morgan fingerprint density at radius 1 is 0.933 bits per heavy atom. The molecule has 0 aromatic heterocycles. The summed E-state index contributed by atoms with van der Waals surface area (Å²) in [5.41, 5.74) is -3.50. The lowest BCUT2D eigenvalue weighted by Crippen LogP contribution is -2.48. The average Bonchev–Trinajstić information content (AvgIpc) is 2.01. The average molecular weight is 218 g/mol. The first-order valence-electron chi connectivity index (χ1n) is 4.24. The second-order valence-electron chi connectivity index (χ2n) is 4.14. The van der Waals surface area contributed by atoms with Crippen LogP contribution in [0.5, 0.6) is 0 Å². The molecule has 0 spiro atoms. The third-order valence-electron chi connectivity index (χ3n) is 2.89. The van der Waals surface area contributed by atoms with E-state index in [-0.39, 0.29) is 0 Å². The van der Waals surface area contributed by atoms with E-state index in [1.54, 1.807) is 0 Å². The van der Waals surface area contributed by atoms with Crippen LogP contribution in [0, 0.1) is 10.8 Å². The fourth-order valence-electron chi connectivity index (χ4n) is 1.10. The third-order valence-corrected chi connectivity index (χ3v) is 2.89. The molecule has 0 bridgehead atoms. The quantitative estimate of drug-likeness (QED) is 0.625. The van der Waals surface area contributed by atoms with Gasteiger partial charge in [-0.05, 0) is 20.8 Å². The zero-order valence-corrected chi connectivity index (χ0v) is 8.77. The van der Waals surface area contributed by atoms with Gasteiger partial charge in [-0.3, -0.25) is 14.4 Å². The third kappa shape index (κ3) is 2.26. The van der Waals surface area contributed by atoms with Crippen LogP contribution in [0.4, 0.5) is 0 Å². The minimum Gasteiger partial charge on any atom is -0.481 e. The number of carbonyl (C=O) groups is 3. The predicted octanol–water partition coefficient (Wildman–Crippen LogP) is 0.663. The van der Waals surface area contributed by atoms with Crippen LogP contribution in [-0.2, 0) is 14.4 Å². The van der Waals surface area contributed by atoms with Crippen molar-refractivity contribution in [3.8, 4) is 0 Å². The molecular formula is C9H14O6. The Balaban J connectivity index is 5.38. The molecule has 0 saturated heterocycles. The zero-order valence-electron chi connectivity index (χ0n) is 8.77. The van der Waals surface area contributed by atoms with Crippen LogP contribution in [0.1, 0.15) is 27.2 Å². The maximum atomic E-state index is 11.0. The van der Waals surface area contributed by atoms with Crippen molar-refractivity contribution in [3.05, 3.63) is 0 Å². The van der Waals surface area contributed by atoms with Gasteiger partial charge in [0.2, 0.25) is 0 Å². The van der Waals surface area contributed by atoms with E-state index in [1.807, 2.05) is 0 Å². The van der Waals surface area contributed by atoms with Crippen LogP contribution < -0.4 is 0 Å². The van der Waals surface area contributed by atoms with Crippen LogP contribution in [0.25, 0.3) is 0 Å². The van der Waals surface area contributed by atoms with Crippen molar-refractivity contribution >= 4 is 17.9 Å². The molecule has 0 aliphatic rings. The van der Waals surface area contributed by atoms with E-state index in [0.29, 0.717) is 0 Å². The molecule has 0 saturated carbocycles. The van der Waals surface area contributed by atoms with Crippen molar-refractivity contribution in [2.45, 2.75) is 27.2 Å². The maximum Gasteiger partial charge on any atom is 0.311 e. The van der Waals surface area contributed by atoms with Crippen molar-refractivity contribution in [3.63, 3.8) is 0 Å².